The molecule has 0 aromatic heterocycles. The van der Waals surface area contributed by atoms with Crippen molar-refractivity contribution in [2.45, 2.75) is 25.4 Å². The van der Waals surface area contributed by atoms with Crippen LogP contribution in [-0.4, -0.2) is 8.07 Å². The summed E-state index contributed by atoms with van der Waals surface area (Å²) < 4.78 is 80.4. The summed E-state index contributed by atoms with van der Waals surface area (Å²) in [6, 6.07) is 26.3. The summed E-state index contributed by atoms with van der Waals surface area (Å²) >= 11 is 0. The molecule has 196 valence electrons. The van der Waals surface area contributed by atoms with E-state index in [4.69, 9.17) is 0 Å². The molecule has 0 amide bonds. The Hall–Kier alpha value is -3.84. The Morgan fingerprint density at radius 1 is 0.564 bits per heavy atom. The van der Waals surface area contributed by atoms with Crippen LogP contribution in [0.25, 0.3) is 32.3 Å². The molecule has 0 saturated carbocycles. The highest BCUT2D eigenvalue weighted by Gasteiger charge is 2.40. The van der Waals surface area contributed by atoms with Gasteiger partial charge in [0.2, 0.25) is 0 Å². The zero-order valence-electron chi connectivity index (χ0n) is 21.0. The Morgan fingerprint density at radius 3 is 1.69 bits per heavy atom. The van der Waals surface area contributed by atoms with E-state index in [0.29, 0.717) is 11.1 Å². The van der Waals surface area contributed by atoms with Crippen molar-refractivity contribution in [3.8, 4) is 0 Å². The van der Waals surface area contributed by atoms with E-state index in [-0.39, 0.29) is 0 Å². The molecule has 1 aliphatic rings. The topological polar surface area (TPSA) is 0 Å². The number of alkyl halides is 6. The van der Waals surface area contributed by atoms with Gasteiger partial charge in [0.25, 0.3) is 0 Å². The number of hydrogen-bond acceptors (Lipinski definition) is 0. The lowest BCUT2D eigenvalue weighted by Gasteiger charge is -2.37. The predicted molar refractivity (Wildman–Crippen MR) is 147 cm³/mol. The maximum atomic E-state index is 13.4. The summed E-state index contributed by atoms with van der Waals surface area (Å²) in [5.41, 5.74) is 1.39. The molecule has 0 N–H and O–H groups in total. The fourth-order valence-electron chi connectivity index (χ4n) is 6.01. The van der Waals surface area contributed by atoms with E-state index < -0.39 is 31.6 Å². The number of rotatable bonds is 2. The van der Waals surface area contributed by atoms with E-state index >= 15 is 0 Å². The minimum Gasteiger partial charge on any atom is -0.166 e. The van der Waals surface area contributed by atoms with Crippen LogP contribution in [0.15, 0.2) is 97.1 Å². The smallest absolute Gasteiger partial charge is 0.166 e. The van der Waals surface area contributed by atoms with Gasteiger partial charge in [0.15, 0.2) is 0 Å². The van der Waals surface area contributed by atoms with E-state index in [1.54, 1.807) is 0 Å². The maximum absolute atomic E-state index is 13.4. The van der Waals surface area contributed by atoms with Crippen molar-refractivity contribution in [3.63, 3.8) is 0 Å². The third-order valence-corrected chi connectivity index (χ3v) is 11.2. The summed E-state index contributed by atoms with van der Waals surface area (Å²) in [6.07, 6.45) is -8.95. The molecule has 0 aliphatic carbocycles. The molecule has 0 bridgehead atoms. The SMILES string of the molecule is C[Si]1(C)C(c2ccc(C(F)(F)F)cc2)=C(c2ccc(C(F)(F)F)cc2)c2cccc3cc4ccccc4c1c23. The summed E-state index contributed by atoms with van der Waals surface area (Å²) in [6.45, 7) is 4.34. The first-order chi connectivity index (χ1) is 18.4. The standard InChI is InChI=1S/C32H22F6Si/c1-39(2)29(20-12-16-24(17-13-20)32(36,37)38)27(19-10-14-23(15-11-19)31(33,34)35)26-9-5-7-22-18-21-6-3-4-8-25(21)30(39)28(22)26/h3-18H,1-2H3. The zero-order chi connectivity index (χ0) is 27.7. The Labute approximate surface area is 222 Å². The van der Waals surface area contributed by atoms with Crippen LogP contribution in [0.2, 0.25) is 13.1 Å². The van der Waals surface area contributed by atoms with Gasteiger partial charge in [-0.3, -0.25) is 0 Å². The van der Waals surface area contributed by atoms with Gasteiger partial charge in [-0.25, -0.2) is 0 Å². The number of hydrogen-bond donors (Lipinski definition) is 0. The molecule has 0 radical (unpaired) electrons. The summed E-state index contributed by atoms with van der Waals surface area (Å²) in [5.74, 6) is 0. The molecule has 0 saturated heterocycles. The molecule has 5 aromatic carbocycles. The monoisotopic (exact) mass is 548 g/mol. The van der Waals surface area contributed by atoms with Crippen molar-refractivity contribution in [1.29, 1.82) is 0 Å². The molecule has 0 unspecified atom stereocenters. The average Bonchev–Trinajstić information content (AvgIpc) is 2.88. The number of fused-ring (bicyclic) bond motifs is 2. The van der Waals surface area contributed by atoms with Crippen molar-refractivity contribution >= 4 is 45.6 Å². The number of halogens is 6. The van der Waals surface area contributed by atoms with Gasteiger partial charge in [-0.05, 0) is 84.5 Å². The van der Waals surface area contributed by atoms with Crippen LogP contribution in [-0.2, 0) is 12.4 Å². The molecule has 0 atom stereocenters. The summed E-state index contributed by atoms with van der Waals surface area (Å²) in [7, 11) is -2.66. The molecule has 1 aliphatic heterocycles. The van der Waals surface area contributed by atoms with Gasteiger partial charge < -0.3 is 0 Å². The van der Waals surface area contributed by atoms with Crippen LogP contribution in [0, 0.1) is 0 Å². The Bertz CT molecular complexity index is 1770. The minimum absolute atomic E-state index is 0.602. The van der Waals surface area contributed by atoms with Crippen molar-refractivity contribution in [2.24, 2.45) is 0 Å². The Morgan fingerprint density at radius 2 is 1.10 bits per heavy atom. The Balaban J connectivity index is 1.73. The van der Waals surface area contributed by atoms with E-state index in [9.17, 15) is 26.3 Å². The average molecular weight is 549 g/mol. The van der Waals surface area contributed by atoms with Gasteiger partial charge in [0, 0.05) is 0 Å². The molecule has 0 nitrogen and oxygen atoms in total. The maximum Gasteiger partial charge on any atom is 0.416 e. The first-order valence-corrected chi connectivity index (χ1v) is 15.4. The predicted octanol–water partition coefficient (Wildman–Crippen LogP) is 9.46. The summed E-state index contributed by atoms with van der Waals surface area (Å²) in [4.78, 5) is 0. The van der Waals surface area contributed by atoms with Crippen LogP contribution < -0.4 is 5.19 Å². The van der Waals surface area contributed by atoms with Crippen LogP contribution in [0.3, 0.4) is 0 Å². The van der Waals surface area contributed by atoms with Crippen LogP contribution in [0.1, 0.15) is 27.8 Å². The van der Waals surface area contributed by atoms with Crippen molar-refractivity contribution < 1.29 is 26.3 Å². The van der Waals surface area contributed by atoms with Gasteiger partial charge >= 0.3 is 12.4 Å². The molecule has 7 heteroatoms. The molecular weight excluding hydrogens is 526 g/mol. The van der Waals surface area contributed by atoms with Crippen molar-refractivity contribution in [3.05, 3.63) is 125 Å². The summed E-state index contributed by atoms with van der Waals surface area (Å²) in [5, 5.41) is 6.31. The quantitative estimate of drug-likeness (QED) is 0.117. The van der Waals surface area contributed by atoms with Crippen LogP contribution in [0.5, 0.6) is 0 Å². The van der Waals surface area contributed by atoms with E-state index in [1.165, 1.54) is 29.5 Å². The van der Waals surface area contributed by atoms with Crippen LogP contribution >= 0.6 is 0 Å². The van der Waals surface area contributed by atoms with Gasteiger partial charge in [0.1, 0.15) is 8.07 Å². The van der Waals surface area contributed by atoms with E-state index in [0.717, 1.165) is 62.1 Å². The molecular formula is C32H22F6Si. The zero-order valence-corrected chi connectivity index (χ0v) is 22.0. The second-order valence-corrected chi connectivity index (χ2v) is 14.7. The van der Waals surface area contributed by atoms with Gasteiger partial charge in [-0.15, -0.1) is 0 Å². The molecule has 0 spiro atoms. The van der Waals surface area contributed by atoms with E-state index in [2.05, 4.69) is 31.3 Å². The lowest BCUT2D eigenvalue weighted by atomic mass is 9.89. The molecule has 39 heavy (non-hydrogen) atoms. The molecule has 6 rings (SSSR count). The normalized spacial score (nSPS) is 15.3. The van der Waals surface area contributed by atoms with Crippen LogP contribution in [0.4, 0.5) is 26.3 Å². The fraction of sp³-hybridized carbons (Fsp3) is 0.125. The highest BCUT2D eigenvalue weighted by molar-refractivity contribution is 7.08. The molecule has 5 aromatic rings. The Kier molecular flexibility index (Phi) is 5.60. The number of benzene rings is 5. The first-order valence-electron chi connectivity index (χ1n) is 12.4. The highest BCUT2D eigenvalue weighted by atomic mass is 28.3. The highest BCUT2D eigenvalue weighted by Crippen LogP contribution is 2.46. The van der Waals surface area contributed by atoms with Gasteiger partial charge in [0.05, 0.1) is 11.1 Å². The van der Waals surface area contributed by atoms with E-state index in [1.807, 2.05) is 30.3 Å². The van der Waals surface area contributed by atoms with Crippen molar-refractivity contribution in [2.75, 3.05) is 0 Å². The second-order valence-electron chi connectivity index (χ2n) is 10.4. The fourth-order valence-corrected chi connectivity index (χ4v) is 9.86. The van der Waals surface area contributed by atoms with Gasteiger partial charge in [-0.2, -0.15) is 26.3 Å². The lowest BCUT2D eigenvalue weighted by molar-refractivity contribution is -0.138. The third kappa shape index (κ3) is 4.07. The first kappa shape index (κ1) is 25.4. The third-order valence-electron chi connectivity index (χ3n) is 7.66. The molecule has 0 fully saturated rings. The molecule has 1 heterocycles. The minimum atomic E-state index is -4.48. The lowest BCUT2D eigenvalue weighted by Crippen LogP contribution is -2.46. The second kappa shape index (κ2) is 8.58. The van der Waals surface area contributed by atoms with Gasteiger partial charge in [-0.1, -0.05) is 79.8 Å². The largest absolute Gasteiger partial charge is 0.416 e. The van der Waals surface area contributed by atoms with Crippen molar-refractivity contribution in [1.82, 2.24) is 0 Å².